The summed E-state index contributed by atoms with van der Waals surface area (Å²) in [6, 6.07) is 18.8. The fraction of sp³-hybridized carbons (Fsp3) is 0.257. The molecule has 0 saturated heterocycles. The van der Waals surface area contributed by atoms with Crippen molar-refractivity contribution in [2.45, 2.75) is 38.1 Å². The van der Waals surface area contributed by atoms with Gasteiger partial charge in [-0.05, 0) is 23.8 Å². The zero-order chi connectivity index (χ0) is 35.1. The molecule has 0 radical (unpaired) electrons. The molecule has 49 heavy (non-hydrogen) atoms. The Bertz CT molecular complexity index is 1970. The van der Waals surface area contributed by atoms with Crippen molar-refractivity contribution in [2.24, 2.45) is 0 Å². The lowest BCUT2D eigenvalue weighted by molar-refractivity contribution is -0.140. The molecule has 5 aromatic rings. The van der Waals surface area contributed by atoms with Crippen molar-refractivity contribution < 1.29 is 34.8 Å². The topological polar surface area (TPSA) is 179 Å². The molecule has 3 heterocycles. The Morgan fingerprint density at radius 1 is 0.816 bits per heavy atom. The first-order valence-electron chi connectivity index (χ1n) is 15.3. The second-order valence-electron chi connectivity index (χ2n) is 11.4. The Kier molecular flexibility index (Phi) is 11.8. The maximum absolute atomic E-state index is 10.8. The molecular formula is C35H35Cl2N5O7. The van der Waals surface area contributed by atoms with E-state index in [1.807, 2.05) is 71.3 Å². The summed E-state index contributed by atoms with van der Waals surface area (Å²) in [6.45, 7) is 0.893. The predicted octanol–water partition coefficient (Wildman–Crippen LogP) is 4.90. The van der Waals surface area contributed by atoms with E-state index in [1.165, 1.54) is 7.11 Å². The lowest BCUT2D eigenvalue weighted by Crippen LogP contribution is -2.28. The van der Waals surface area contributed by atoms with Gasteiger partial charge < -0.3 is 40.2 Å². The molecule has 0 fully saturated rings. The van der Waals surface area contributed by atoms with Gasteiger partial charge in [0.1, 0.15) is 5.65 Å². The van der Waals surface area contributed by atoms with Crippen LogP contribution < -0.4 is 15.4 Å². The predicted molar refractivity (Wildman–Crippen MR) is 186 cm³/mol. The number of methoxy groups -OCH3 is 1. The quantitative estimate of drug-likeness (QED) is 0.0822. The number of carbonyl (C=O) groups is 2. The Morgan fingerprint density at radius 3 is 2.04 bits per heavy atom. The van der Waals surface area contributed by atoms with E-state index in [4.69, 9.17) is 38.2 Å². The number of halogens is 2. The van der Waals surface area contributed by atoms with Crippen molar-refractivity contribution in [2.75, 3.05) is 20.2 Å². The van der Waals surface area contributed by atoms with Gasteiger partial charge >= 0.3 is 11.9 Å². The van der Waals surface area contributed by atoms with Gasteiger partial charge in [-0.2, -0.15) is 0 Å². The number of fused-ring (bicyclic) bond motifs is 1. The molecule has 3 aromatic heterocycles. The number of aromatic nitrogens is 3. The van der Waals surface area contributed by atoms with Gasteiger partial charge in [-0.3, -0.25) is 9.59 Å². The minimum absolute atomic E-state index is 0.0979. The van der Waals surface area contributed by atoms with E-state index in [2.05, 4.69) is 20.6 Å². The number of ether oxygens (including phenoxy) is 1. The molecule has 0 saturated carbocycles. The summed E-state index contributed by atoms with van der Waals surface area (Å²) in [7, 11) is 1.51. The van der Waals surface area contributed by atoms with Crippen molar-refractivity contribution in [1.29, 1.82) is 0 Å². The highest BCUT2D eigenvalue weighted by Crippen LogP contribution is 2.42. The van der Waals surface area contributed by atoms with Crippen molar-refractivity contribution in [1.82, 2.24) is 25.0 Å². The smallest absolute Gasteiger partial charge is 0.306 e. The van der Waals surface area contributed by atoms with Crippen molar-refractivity contribution in [3.63, 3.8) is 0 Å². The van der Waals surface area contributed by atoms with Crippen LogP contribution in [-0.2, 0) is 22.7 Å². The van der Waals surface area contributed by atoms with Gasteiger partial charge in [-0.15, -0.1) is 0 Å². The van der Waals surface area contributed by atoms with E-state index >= 15 is 0 Å². The first kappa shape index (κ1) is 35.7. The second-order valence-corrected chi connectivity index (χ2v) is 12.1. The van der Waals surface area contributed by atoms with Crippen LogP contribution >= 0.6 is 23.2 Å². The lowest BCUT2D eigenvalue weighted by Gasteiger charge is -2.15. The first-order valence-corrected chi connectivity index (χ1v) is 16.1. The third kappa shape index (κ3) is 8.73. The number of benzene rings is 2. The van der Waals surface area contributed by atoms with E-state index in [1.54, 1.807) is 6.20 Å². The SMILES string of the molecule is COc1nc(-c2cccc(-c3cccc(-c4ccc5ncc(CNC[C@@H](O)CC(=O)O)n5c4)c3Cl)c2Cl)ccc1CNC[C@@H](O)CC(=O)O. The van der Waals surface area contributed by atoms with Crippen molar-refractivity contribution in [3.8, 4) is 39.4 Å². The van der Waals surface area contributed by atoms with Crippen LogP contribution in [0.3, 0.4) is 0 Å². The summed E-state index contributed by atoms with van der Waals surface area (Å²) in [5, 5.41) is 44.5. The molecule has 256 valence electrons. The van der Waals surface area contributed by atoms with Crippen LogP contribution in [0.2, 0.25) is 10.0 Å². The van der Waals surface area contributed by atoms with Gasteiger partial charge in [0.2, 0.25) is 5.88 Å². The fourth-order valence-electron chi connectivity index (χ4n) is 5.44. The zero-order valence-corrected chi connectivity index (χ0v) is 27.9. The highest BCUT2D eigenvalue weighted by Gasteiger charge is 2.18. The van der Waals surface area contributed by atoms with Gasteiger partial charge in [-0.25, -0.2) is 9.97 Å². The number of carboxylic acids is 2. The van der Waals surface area contributed by atoms with E-state index in [-0.39, 0.29) is 25.9 Å². The first-order chi connectivity index (χ1) is 23.5. The van der Waals surface area contributed by atoms with Gasteiger partial charge in [-0.1, -0.05) is 65.7 Å². The number of hydrogen-bond donors (Lipinski definition) is 6. The monoisotopic (exact) mass is 707 g/mol. The van der Waals surface area contributed by atoms with E-state index in [9.17, 15) is 19.8 Å². The van der Waals surface area contributed by atoms with Crippen LogP contribution in [0.4, 0.5) is 0 Å². The van der Waals surface area contributed by atoms with Crippen LogP contribution in [0.1, 0.15) is 24.1 Å². The summed E-state index contributed by atoms with van der Waals surface area (Å²) < 4.78 is 7.45. The molecule has 6 N–H and O–H groups in total. The maximum atomic E-state index is 10.8. The molecule has 2 atom stereocenters. The summed E-state index contributed by atoms with van der Waals surface area (Å²) >= 11 is 14.1. The van der Waals surface area contributed by atoms with E-state index in [0.29, 0.717) is 45.8 Å². The van der Waals surface area contributed by atoms with Crippen LogP contribution in [0, 0.1) is 0 Å². The standard InChI is InChI=1S/C35H35Cl2N5O7/c1-49-35-20(14-38-17-23(43)12-31(45)46)8-10-29(41-35)28-7-3-6-27(34(28)37)26-5-2-4-25(33(26)36)21-9-11-30-40-16-22(42(30)19-21)15-39-18-24(44)13-32(47)48/h2-11,16,19,23-24,38-39,43-44H,12-15,17-18H2,1H3,(H,45,46)(H,47,48)/t23-,24-/m0/s1. The fourth-order valence-corrected chi connectivity index (χ4v) is 6.10. The number of aliphatic carboxylic acids is 2. The molecular weight excluding hydrogens is 673 g/mol. The molecule has 0 aliphatic carbocycles. The minimum atomic E-state index is -1.07. The molecule has 0 aliphatic heterocycles. The van der Waals surface area contributed by atoms with Crippen LogP contribution in [0.25, 0.3) is 39.2 Å². The largest absolute Gasteiger partial charge is 0.481 e. The molecule has 0 amide bonds. The second kappa shape index (κ2) is 16.2. The molecule has 12 nitrogen and oxygen atoms in total. The third-order valence-electron chi connectivity index (χ3n) is 7.79. The van der Waals surface area contributed by atoms with E-state index in [0.717, 1.165) is 33.6 Å². The average Bonchev–Trinajstić information content (AvgIpc) is 3.46. The maximum Gasteiger partial charge on any atom is 0.306 e. The highest BCUT2D eigenvalue weighted by molar-refractivity contribution is 6.39. The summed E-state index contributed by atoms with van der Waals surface area (Å²) in [5.41, 5.74) is 6.55. The number of aliphatic hydroxyl groups excluding tert-OH is 2. The Labute approximate surface area is 291 Å². The number of pyridine rings is 2. The number of nitrogens with zero attached hydrogens (tertiary/aromatic N) is 3. The van der Waals surface area contributed by atoms with Gasteiger partial charge in [0.25, 0.3) is 0 Å². The molecule has 0 unspecified atom stereocenters. The molecule has 2 aromatic carbocycles. The number of imidazole rings is 1. The minimum Gasteiger partial charge on any atom is -0.481 e. The Hall–Kier alpha value is -4.56. The van der Waals surface area contributed by atoms with Crippen LogP contribution in [-0.4, -0.2) is 79.1 Å². The molecule has 0 spiro atoms. The normalized spacial score (nSPS) is 12.6. The summed E-state index contributed by atoms with van der Waals surface area (Å²) in [4.78, 5) is 30.8. The molecule has 5 rings (SSSR count). The molecule has 0 aliphatic rings. The van der Waals surface area contributed by atoms with Crippen LogP contribution in [0.15, 0.2) is 73.1 Å². The number of hydrogen-bond acceptors (Lipinski definition) is 9. The summed E-state index contributed by atoms with van der Waals surface area (Å²) in [5.74, 6) is -1.78. The van der Waals surface area contributed by atoms with Crippen molar-refractivity contribution in [3.05, 3.63) is 94.4 Å². The number of rotatable bonds is 16. The van der Waals surface area contributed by atoms with E-state index < -0.39 is 24.1 Å². The zero-order valence-electron chi connectivity index (χ0n) is 26.4. The van der Waals surface area contributed by atoms with Gasteiger partial charge in [0.05, 0.1) is 59.8 Å². The highest BCUT2D eigenvalue weighted by atomic mass is 35.5. The molecule has 0 bridgehead atoms. The molecule has 14 heteroatoms. The lowest BCUT2D eigenvalue weighted by atomic mass is 9.97. The number of carboxylic acid groups (broad SMARTS) is 2. The van der Waals surface area contributed by atoms with Gasteiger partial charge in [0.15, 0.2) is 0 Å². The van der Waals surface area contributed by atoms with Crippen molar-refractivity contribution >= 4 is 40.8 Å². The number of aliphatic hydroxyl groups is 2. The number of nitrogens with one attached hydrogen (secondary N) is 2. The van der Waals surface area contributed by atoms with Crippen LogP contribution in [0.5, 0.6) is 5.88 Å². The summed E-state index contributed by atoms with van der Waals surface area (Å²) in [6.07, 6.45) is 0.930. The Balaban J connectivity index is 1.39. The Morgan fingerprint density at radius 2 is 1.41 bits per heavy atom. The van der Waals surface area contributed by atoms with Gasteiger partial charge in [0, 0.05) is 60.2 Å². The third-order valence-corrected chi connectivity index (χ3v) is 8.61. The average molecular weight is 709 g/mol.